The Hall–Kier alpha value is -2.58. The van der Waals surface area contributed by atoms with Gasteiger partial charge in [0, 0.05) is 32.0 Å². The second kappa shape index (κ2) is 9.07. The SMILES string of the molecule is COCCNCC1CCC(Nc2nccc(-n3nnc4ccccc43)n2)CC1. The minimum absolute atomic E-state index is 0.415. The van der Waals surface area contributed by atoms with Crippen LogP contribution in [0.5, 0.6) is 0 Å². The Balaban J connectivity index is 1.35. The number of hydrogen-bond donors (Lipinski definition) is 2. The van der Waals surface area contributed by atoms with Crippen molar-refractivity contribution in [1.82, 2.24) is 30.3 Å². The maximum atomic E-state index is 5.08. The Morgan fingerprint density at radius 1 is 1.14 bits per heavy atom. The van der Waals surface area contributed by atoms with Gasteiger partial charge in [-0.2, -0.15) is 9.67 Å². The number of nitrogens with one attached hydrogen (secondary N) is 2. The third-order valence-corrected chi connectivity index (χ3v) is 5.31. The monoisotopic (exact) mass is 381 g/mol. The van der Waals surface area contributed by atoms with Gasteiger partial charge in [-0.25, -0.2) is 4.98 Å². The maximum Gasteiger partial charge on any atom is 0.224 e. The highest BCUT2D eigenvalue weighted by molar-refractivity contribution is 5.75. The molecular weight excluding hydrogens is 354 g/mol. The predicted molar refractivity (Wildman–Crippen MR) is 109 cm³/mol. The van der Waals surface area contributed by atoms with Gasteiger partial charge in [-0.15, -0.1) is 5.10 Å². The van der Waals surface area contributed by atoms with E-state index in [1.54, 1.807) is 18.0 Å². The molecule has 2 N–H and O–H groups in total. The van der Waals surface area contributed by atoms with Gasteiger partial charge < -0.3 is 15.4 Å². The van der Waals surface area contributed by atoms with Crippen molar-refractivity contribution in [3.8, 4) is 5.82 Å². The highest BCUT2D eigenvalue weighted by atomic mass is 16.5. The molecule has 2 heterocycles. The second-order valence-corrected chi connectivity index (χ2v) is 7.29. The number of rotatable bonds is 8. The van der Waals surface area contributed by atoms with Crippen LogP contribution in [-0.2, 0) is 4.74 Å². The lowest BCUT2D eigenvalue weighted by Gasteiger charge is -2.29. The van der Waals surface area contributed by atoms with Crippen molar-refractivity contribution in [3.05, 3.63) is 36.5 Å². The number of benzene rings is 1. The van der Waals surface area contributed by atoms with Crippen LogP contribution >= 0.6 is 0 Å². The van der Waals surface area contributed by atoms with Crippen molar-refractivity contribution >= 4 is 17.0 Å². The van der Waals surface area contributed by atoms with Crippen LogP contribution in [0.4, 0.5) is 5.95 Å². The predicted octanol–water partition coefficient (Wildman–Crippen LogP) is 2.42. The van der Waals surface area contributed by atoms with Gasteiger partial charge in [0.25, 0.3) is 0 Å². The third-order valence-electron chi connectivity index (χ3n) is 5.31. The van der Waals surface area contributed by atoms with E-state index in [2.05, 4.69) is 30.9 Å². The minimum Gasteiger partial charge on any atom is -0.383 e. The maximum absolute atomic E-state index is 5.08. The van der Waals surface area contributed by atoms with Crippen molar-refractivity contribution in [1.29, 1.82) is 0 Å². The first-order valence-corrected chi connectivity index (χ1v) is 9.93. The fraction of sp³-hybridized carbons (Fsp3) is 0.500. The number of methoxy groups -OCH3 is 1. The summed E-state index contributed by atoms with van der Waals surface area (Å²) in [6.45, 7) is 2.76. The van der Waals surface area contributed by atoms with Crippen molar-refractivity contribution in [2.24, 2.45) is 5.92 Å². The lowest BCUT2D eigenvalue weighted by atomic mass is 9.86. The van der Waals surface area contributed by atoms with Crippen LogP contribution in [0.3, 0.4) is 0 Å². The van der Waals surface area contributed by atoms with E-state index >= 15 is 0 Å². The average Bonchev–Trinajstić information content (AvgIpc) is 3.17. The first-order valence-electron chi connectivity index (χ1n) is 9.93. The number of nitrogens with zero attached hydrogens (tertiary/aromatic N) is 5. The topological polar surface area (TPSA) is 89.8 Å². The number of anilines is 1. The van der Waals surface area contributed by atoms with Crippen molar-refractivity contribution in [2.45, 2.75) is 31.7 Å². The molecule has 0 spiro atoms. The zero-order chi connectivity index (χ0) is 19.2. The fourth-order valence-electron chi connectivity index (χ4n) is 3.75. The van der Waals surface area contributed by atoms with Crippen molar-refractivity contribution in [3.63, 3.8) is 0 Å². The largest absolute Gasteiger partial charge is 0.383 e. The number of aromatic nitrogens is 5. The molecule has 2 aromatic heterocycles. The van der Waals surface area contributed by atoms with Crippen LogP contribution in [0.25, 0.3) is 16.9 Å². The molecule has 1 aliphatic carbocycles. The zero-order valence-corrected chi connectivity index (χ0v) is 16.2. The van der Waals surface area contributed by atoms with Gasteiger partial charge in [-0.3, -0.25) is 0 Å². The summed E-state index contributed by atoms with van der Waals surface area (Å²) in [5.41, 5.74) is 1.79. The number of ether oxygens (including phenoxy) is 1. The van der Waals surface area contributed by atoms with E-state index in [1.807, 2.05) is 30.3 Å². The van der Waals surface area contributed by atoms with Crippen LogP contribution in [0, 0.1) is 5.92 Å². The van der Waals surface area contributed by atoms with Gasteiger partial charge in [0.15, 0.2) is 5.82 Å². The normalized spacial score (nSPS) is 19.8. The molecule has 0 atom stereocenters. The van der Waals surface area contributed by atoms with E-state index < -0.39 is 0 Å². The van der Waals surface area contributed by atoms with E-state index in [9.17, 15) is 0 Å². The molecule has 0 radical (unpaired) electrons. The summed E-state index contributed by atoms with van der Waals surface area (Å²) in [6.07, 6.45) is 6.47. The molecule has 4 rings (SSSR count). The molecule has 148 valence electrons. The summed E-state index contributed by atoms with van der Waals surface area (Å²) in [6, 6.07) is 10.1. The number of para-hydroxylation sites is 1. The Labute approximate surface area is 164 Å². The summed E-state index contributed by atoms with van der Waals surface area (Å²) in [5, 5.41) is 15.4. The Kier molecular flexibility index (Phi) is 6.08. The molecule has 8 nitrogen and oxygen atoms in total. The molecule has 0 unspecified atom stereocenters. The Morgan fingerprint density at radius 2 is 2.00 bits per heavy atom. The second-order valence-electron chi connectivity index (χ2n) is 7.29. The van der Waals surface area contributed by atoms with Crippen LogP contribution in [-0.4, -0.2) is 57.8 Å². The van der Waals surface area contributed by atoms with Gasteiger partial charge >= 0.3 is 0 Å². The lowest BCUT2D eigenvalue weighted by Crippen LogP contribution is -2.32. The molecular formula is C20H27N7O. The summed E-state index contributed by atoms with van der Waals surface area (Å²) < 4.78 is 6.83. The van der Waals surface area contributed by atoms with Gasteiger partial charge in [-0.1, -0.05) is 17.3 Å². The van der Waals surface area contributed by atoms with Crippen LogP contribution in [0.2, 0.25) is 0 Å². The van der Waals surface area contributed by atoms with Gasteiger partial charge in [0.1, 0.15) is 5.52 Å². The molecule has 3 aromatic rings. The molecule has 1 fully saturated rings. The smallest absolute Gasteiger partial charge is 0.224 e. The summed E-state index contributed by atoms with van der Waals surface area (Å²) in [4.78, 5) is 9.06. The third kappa shape index (κ3) is 4.45. The molecule has 0 saturated heterocycles. The standard InChI is InChI=1S/C20H27N7O/c1-28-13-12-21-14-15-6-8-16(9-7-15)23-20-22-11-10-19(24-20)27-18-5-3-2-4-17(18)25-26-27/h2-5,10-11,15-16,21H,6-9,12-14H2,1H3,(H,22,23,24). The molecule has 28 heavy (non-hydrogen) atoms. The average molecular weight is 381 g/mol. The van der Waals surface area contributed by atoms with E-state index in [1.165, 1.54) is 12.8 Å². The fourth-order valence-corrected chi connectivity index (χ4v) is 3.75. The molecule has 0 amide bonds. The Bertz CT molecular complexity index is 889. The molecule has 1 aromatic carbocycles. The van der Waals surface area contributed by atoms with E-state index in [-0.39, 0.29) is 0 Å². The zero-order valence-electron chi connectivity index (χ0n) is 16.2. The first kappa shape index (κ1) is 18.8. The quantitative estimate of drug-likeness (QED) is 0.579. The van der Waals surface area contributed by atoms with E-state index in [4.69, 9.17) is 4.74 Å². The van der Waals surface area contributed by atoms with Crippen LogP contribution in [0.1, 0.15) is 25.7 Å². The molecule has 0 bridgehead atoms. The van der Waals surface area contributed by atoms with Gasteiger partial charge in [0.05, 0.1) is 12.1 Å². The summed E-state index contributed by atoms with van der Waals surface area (Å²) >= 11 is 0. The highest BCUT2D eigenvalue weighted by Gasteiger charge is 2.21. The number of fused-ring (bicyclic) bond motifs is 1. The lowest BCUT2D eigenvalue weighted by molar-refractivity contribution is 0.195. The van der Waals surface area contributed by atoms with E-state index in [0.29, 0.717) is 12.0 Å². The Morgan fingerprint density at radius 3 is 2.86 bits per heavy atom. The number of hydrogen-bond acceptors (Lipinski definition) is 7. The van der Waals surface area contributed by atoms with Gasteiger partial charge in [0.2, 0.25) is 5.95 Å². The highest BCUT2D eigenvalue weighted by Crippen LogP contribution is 2.25. The molecule has 0 aliphatic heterocycles. The van der Waals surface area contributed by atoms with Crippen molar-refractivity contribution < 1.29 is 4.74 Å². The molecule has 8 heteroatoms. The van der Waals surface area contributed by atoms with Crippen molar-refractivity contribution in [2.75, 3.05) is 32.1 Å². The first-order chi connectivity index (χ1) is 13.8. The van der Waals surface area contributed by atoms with Crippen LogP contribution < -0.4 is 10.6 Å². The van der Waals surface area contributed by atoms with E-state index in [0.717, 1.165) is 55.3 Å². The van der Waals surface area contributed by atoms with Gasteiger partial charge in [-0.05, 0) is 50.3 Å². The molecule has 1 aliphatic rings. The molecule has 1 saturated carbocycles. The van der Waals surface area contributed by atoms with Crippen LogP contribution in [0.15, 0.2) is 36.5 Å². The summed E-state index contributed by atoms with van der Waals surface area (Å²) in [5.74, 6) is 2.12. The summed E-state index contributed by atoms with van der Waals surface area (Å²) in [7, 11) is 1.74. The minimum atomic E-state index is 0.415.